The molecule has 0 radical (unpaired) electrons. The molecule has 0 aromatic rings. The van der Waals surface area contributed by atoms with Crippen LogP contribution in [0.1, 0.15) is 47.0 Å². The largest absolute Gasteiger partial charge is 0.481 e. The molecule has 104 valence electrons. The van der Waals surface area contributed by atoms with Crippen molar-refractivity contribution in [3.63, 3.8) is 0 Å². The zero-order valence-electron chi connectivity index (χ0n) is 11.5. The smallest absolute Gasteiger partial charge is 0.407 e. The summed E-state index contributed by atoms with van der Waals surface area (Å²) < 4.78 is 5.26. The van der Waals surface area contributed by atoms with Crippen molar-refractivity contribution in [2.75, 3.05) is 0 Å². The Morgan fingerprint density at radius 1 is 1.28 bits per heavy atom. The number of aliphatic carboxylic acids is 1. The van der Waals surface area contributed by atoms with Gasteiger partial charge in [0.1, 0.15) is 6.10 Å². The second kappa shape index (κ2) is 5.59. The maximum absolute atomic E-state index is 11.7. The summed E-state index contributed by atoms with van der Waals surface area (Å²) in [5.41, 5.74) is -0.377. The molecule has 0 saturated heterocycles. The Kier molecular flexibility index (Phi) is 4.59. The zero-order chi connectivity index (χ0) is 13.9. The number of rotatable bonds is 2. The molecule has 0 bridgehead atoms. The van der Waals surface area contributed by atoms with Gasteiger partial charge in [0.05, 0.1) is 5.92 Å². The minimum Gasteiger partial charge on any atom is -0.481 e. The first-order valence-electron chi connectivity index (χ1n) is 6.40. The second-order valence-corrected chi connectivity index (χ2v) is 6.18. The highest BCUT2D eigenvalue weighted by atomic mass is 16.6. The van der Waals surface area contributed by atoms with Crippen molar-refractivity contribution >= 4 is 12.1 Å². The van der Waals surface area contributed by atoms with Gasteiger partial charge in [0.15, 0.2) is 0 Å². The Balaban J connectivity index is 2.59. The predicted octanol–water partition coefficient (Wildman–Crippen LogP) is 2.40. The van der Waals surface area contributed by atoms with E-state index in [1.54, 1.807) is 0 Å². The highest BCUT2D eigenvalue weighted by Crippen LogP contribution is 2.31. The highest BCUT2D eigenvalue weighted by Gasteiger charge is 2.36. The fraction of sp³-hybridized carbons (Fsp3) is 0.846. The quantitative estimate of drug-likeness (QED) is 0.796. The third-order valence-electron chi connectivity index (χ3n) is 3.10. The Hall–Kier alpha value is -1.26. The molecule has 2 N–H and O–H groups in total. The van der Waals surface area contributed by atoms with Crippen LogP contribution < -0.4 is 5.32 Å². The molecule has 18 heavy (non-hydrogen) atoms. The van der Waals surface area contributed by atoms with E-state index < -0.39 is 24.1 Å². The Labute approximate surface area is 108 Å². The first-order valence-corrected chi connectivity index (χ1v) is 6.40. The number of carboxylic acid groups (broad SMARTS) is 1. The van der Waals surface area contributed by atoms with Gasteiger partial charge in [0.25, 0.3) is 0 Å². The van der Waals surface area contributed by atoms with Gasteiger partial charge in [-0.25, -0.2) is 4.79 Å². The van der Waals surface area contributed by atoms with Crippen LogP contribution in [0.3, 0.4) is 0 Å². The van der Waals surface area contributed by atoms with Gasteiger partial charge in [0, 0.05) is 5.54 Å². The molecule has 0 aromatic heterocycles. The van der Waals surface area contributed by atoms with E-state index in [4.69, 9.17) is 9.84 Å². The maximum atomic E-state index is 11.7. The summed E-state index contributed by atoms with van der Waals surface area (Å²) in [5.74, 6) is -1.09. The minimum absolute atomic E-state index is 0.372. The van der Waals surface area contributed by atoms with Gasteiger partial charge in [-0.15, -0.1) is 0 Å². The van der Waals surface area contributed by atoms with Crippen LogP contribution >= 0.6 is 0 Å². The fourth-order valence-electron chi connectivity index (χ4n) is 2.23. The monoisotopic (exact) mass is 257 g/mol. The van der Waals surface area contributed by atoms with Crippen LogP contribution in [0.5, 0.6) is 0 Å². The van der Waals surface area contributed by atoms with E-state index in [0.717, 1.165) is 6.42 Å². The third kappa shape index (κ3) is 4.55. The van der Waals surface area contributed by atoms with Crippen molar-refractivity contribution in [1.29, 1.82) is 0 Å². The van der Waals surface area contributed by atoms with E-state index in [0.29, 0.717) is 18.8 Å². The van der Waals surface area contributed by atoms with E-state index in [1.807, 2.05) is 27.7 Å². The number of alkyl carbamates (subject to hydrolysis) is 1. The summed E-state index contributed by atoms with van der Waals surface area (Å²) in [5, 5.41) is 11.8. The molecule has 1 aliphatic rings. The first kappa shape index (κ1) is 14.8. The van der Waals surface area contributed by atoms with Crippen LogP contribution in [0.25, 0.3) is 0 Å². The molecule has 5 heteroatoms. The minimum atomic E-state index is -0.880. The molecule has 1 rings (SSSR count). The molecule has 0 aliphatic heterocycles. The summed E-state index contributed by atoms with van der Waals surface area (Å²) in [7, 11) is 0. The normalized spacial score (nSPS) is 28.6. The van der Waals surface area contributed by atoms with E-state index in [-0.39, 0.29) is 5.54 Å². The Bertz CT molecular complexity index is 321. The number of carbonyl (C=O) groups excluding carboxylic acids is 1. The van der Waals surface area contributed by atoms with Crippen LogP contribution in [0.15, 0.2) is 0 Å². The summed E-state index contributed by atoms with van der Waals surface area (Å²) in [6.45, 7) is 7.59. The van der Waals surface area contributed by atoms with Crippen molar-refractivity contribution in [2.45, 2.75) is 58.6 Å². The summed E-state index contributed by atoms with van der Waals surface area (Å²) in [4.78, 5) is 22.8. The average Bonchev–Trinajstić information content (AvgIpc) is 2.17. The SMILES string of the molecule is CC1CCC(OC(=O)NC(C)(C)C)C(C(=O)O)C1. The number of hydrogen-bond acceptors (Lipinski definition) is 3. The molecule has 1 amide bonds. The molecule has 0 aromatic carbocycles. The van der Waals surface area contributed by atoms with Gasteiger partial charge in [-0.2, -0.15) is 0 Å². The fourth-order valence-corrected chi connectivity index (χ4v) is 2.23. The Morgan fingerprint density at radius 3 is 2.39 bits per heavy atom. The van der Waals surface area contributed by atoms with Crippen LogP contribution in [0, 0.1) is 11.8 Å². The molecule has 1 aliphatic carbocycles. The standard InChI is InChI=1S/C13H23NO4/c1-8-5-6-10(9(7-8)11(15)16)18-12(17)14-13(2,3)4/h8-10H,5-7H2,1-4H3,(H,14,17)(H,15,16). The van der Waals surface area contributed by atoms with Gasteiger partial charge >= 0.3 is 12.1 Å². The van der Waals surface area contributed by atoms with Crippen LogP contribution in [0.2, 0.25) is 0 Å². The highest BCUT2D eigenvalue weighted by molar-refractivity contribution is 5.73. The van der Waals surface area contributed by atoms with Gasteiger partial charge in [-0.05, 0) is 46.0 Å². The molecular weight excluding hydrogens is 234 g/mol. The summed E-state index contributed by atoms with van der Waals surface area (Å²) in [6, 6.07) is 0. The van der Waals surface area contributed by atoms with E-state index in [9.17, 15) is 9.59 Å². The zero-order valence-corrected chi connectivity index (χ0v) is 11.5. The van der Waals surface area contributed by atoms with Crippen molar-refractivity contribution in [3.8, 4) is 0 Å². The van der Waals surface area contributed by atoms with Crippen molar-refractivity contribution in [1.82, 2.24) is 5.32 Å². The lowest BCUT2D eigenvalue weighted by Crippen LogP contribution is -2.45. The van der Waals surface area contributed by atoms with Crippen LogP contribution in [0.4, 0.5) is 4.79 Å². The number of carbonyl (C=O) groups is 2. The van der Waals surface area contributed by atoms with E-state index >= 15 is 0 Å². The van der Waals surface area contributed by atoms with E-state index in [2.05, 4.69) is 5.32 Å². The Morgan fingerprint density at radius 2 is 1.89 bits per heavy atom. The molecule has 3 unspecified atom stereocenters. The van der Waals surface area contributed by atoms with Crippen molar-refractivity contribution in [2.24, 2.45) is 11.8 Å². The van der Waals surface area contributed by atoms with E-state index in [1.165, 1.54) is 0 Å². The second-order valence-electron chi connectivity index (χ2n) is 6.18. The molecule has 1 fully saturated rings. The van der Waals surface area contributed by atoms with Crippen LogP contribution in [-0.2, 0) is 9.53 Å². The summed E-state index contributed by atoms with van der Waals surface area (Å²) >= 11 is 0. The lowest BCUT2D eigenvalue weighted by Gasteiger charge is -2.32. The summed E-state index contributed by atoms with van der Waals surface area (Å²) in [6.07, 6.45) is 1.05. The topological polar surface area (TPSA) is 75.6 Å². The predicted molar refractivity (Wildman–Crippen MR) is 67.3 cm³/mol. The molecule has 0 spiro atoms. The number of hydrogen-bond donors (Lipinski definition) is 2. The van der Waals surface area contributed by atoms with Gasteiger partial charge in [0.2, 0.25) is 0 Å². The third-order valence-corrected chi connectivity index (χ3v) is 3.10. The number of ether oxygens (including phenoxy) is 1. The van der Waals surface area contributed by atoms with Crippen molar-refractivity contribution < 1.29 is 19.4 Å². The number of nitrogens with one attached hydrogen (secondary N) is 1. The lowest BCUT2D eigenvalue weighted by atomic mass is 9.80. The molecule has 1 saturated carbocycles. The molecule has 0 heterocycles. The molecular formula is C13H23NO4. The van der Waals surface area contributed by atoms with Crippen molar-refractivity contribution in [3.05, 3.63) is 0 Å². The van der Waals surface area contributed by atoms with Gasteiger partial charge in [-0.1, -0.05) is 6.92 Å². The molecule has 3 atom stereocenters. The lowest BCUT2D eigenvalue weighted by molar-refractivity contribution is -0.148. The van der Waals surface area contributed by atoms with Gasteiger partial charge < -0.3 is 15.2 Å². The first-order chi connectivity index (χ1) is 8.19. The van der Waals surface area contributed by atoms with Crippen LogP contribution in [-0.4, -0.2) is 28.8 Å². The average molecular weight is 257 g/mol. The number of carboxylic acids is 1. The maximum Gasteiger partial charge on any atom is 0.407 e. The molecule has 5 nitrogen and oxygen atoms in total. The van der Waals surface area contributed by atoms with Gasteiger partial charge in [-0.3, -0.25) is 4.79 Å². The number of amides is 1.